The molecule has 6 heteroatoms. The predicted octanol–water partition coefficient (Wildman–Crippen LogP) is 3.15. The monoisotopic (exact) mass is 294 g/mol. The molecule has 0 bridgehead atoms. The number of benzene rings is 1. The lowest BCUT2D eigenvalue weighted by atomic mass is 10.2. The van der Waals surface area contributed by atoms with Gasteiger partial charge in [0.05, 0.1) is 6.61 Å². The Morgan fingerprint density at radius 2 is 1.57 bits per heavy atom. The molecule has 0 atom stereocenters. The minimum Gasteiger partial charge on any atom is -0.466 e. The van der Waals surface area contributed by atoms with E-state index in [1.807, 2.05) is 18.2 Å². The quantitative estimate of drug-likeness (QED) is 0.386. The van der Waals surface area contributed by atoms with E-state index in [4.69, 9.17) is 20.4 Å². The number of aryl methyl sites for hydroxylation is 1. The van der Waals surface area contributed by atoms with Crippen molar-refractivity contribution in [2.75, 3.05) is 6.61 Å². The highest BCUT2D eigenvalue weighted by atomic mass is 16.5. The van der Waals surface area contributed by atoms with E-state index < -0.39 is 0 Å². The van der Waals surface area contributed by atoms with Gasteiger partial charge in [0, 0.05) is 6.92 Å². The van der Waals surface area contributed by atoms with Gasteiger partial charge < -0.3 is 4.74 Å². The molecule has 0 fully saturated rings. The molecule has 6 nitrogen and oxygen atoms in total. The Morgan fingerprint density at radius 1 is 1.14 bits per heavy atom. The summed E-state index contributed by atoms with van der Waals surface area (Å²) < 4.78 is 4.64. The molecule has 0 spiro atoms. The van der Waals surface area contributed by atoms with Crippen LogP contribution in [0.5, 0.6) is 0 Å². The zero-order chi connectivity index (χ0) is 16.9. The number of rotatable bonds is 3. The fraction of sp³-hybridized carbons (Fsp3) is 0.400. The average Bonchev–Trinajstić information content (AvgIpc) is 2.42. The molecule has 0 heterocycles. The molecule has 2 N–H and O–H groups in total. The molecule has 1 aromatic rings. The highest BCUT2D eigenvalue weighted by Crippen LogP contribution is 1.92. The summed E-state index contributed by atoms with van der Waals surface area (Å²) in [5, 5.41) is 10.8. The largest absolute Gasteiger partial charge is 0.466 e. The van der Waals surface area contributed by atoms with Crippen molar-refractivity contribution in [3.63, 3.8) is 0 Å². The molecule has 0 aromatic heterocycles. The van der Waals surface area contributed by atoms with Gasteiger partial charge in [-0.15, -0.1) is 0 Å². The van der Waals surface area contributed by atoms with Crippen LogP contribution in [0.15, 0.2) is 30.3 Å². The summed E-state index contributed by atoms with van der Waals surface area (Å²) in [5.41, 5.74) is 1.32. The fourth-order valence-corrected chi connectivity index (χ4v) is 0.895. The maximum absolute atomic E-state index is 10.1. The van der Waals surface area contributed by atoms with Crippen LogP contribution in [0.25, 0.3) is 0 Å². The highest BCUT2D eigenvalue weighted by molar-refractivity contribution is 5.65. The third kappa shape index (κ3) is 38.1. The number of nitrogens with one attached hydrogen (secondary N) is 2. The van der Waals surface area contributed by atoms with Crippen molar-refractivity contribution in [3.05, 3.63) is 35.9 Å². The Kier molecular flexibility index (Phi) is 25.3. The van der Waals surface area contributed by atoms with Gasteiger partial charge in [-0.05, 0) is 13.3 Å². The van der Waals surface area contributed by atoms with Crippen molar-refractivity contribution in [2.45, 2.75) is 33.6 Å². The van der Waals surface area contributed by atoms with E-state index >= 15 is 0 Å². The smallest absolute Gasteiger partial charge is 0.302 e. The predicted molar refractivity (Wildman–Crippen MR) is 79.5 cm³/mol. The van der Waals surface area contributed by atoms with Crippen LogP contribution in [0, 0.1) is 17.7 Å². The van der Waals surface area contributed by atoms with E-state index in [1.54, 1.807) is 0 Å². The molecule has 0 aliphatic rings. The zero-order valence-corrected chi connectivity index (χ0v) is 12.6. The fourth-order valence-electron chi connectivity index (χ4n) is 0.895. The van der Waals surface area contributed by atoms with Crippen molar-refractivity contribution >= 4 is 18.1 Å². The first-order chi connectivity index (χ1) is 9.99. The Hall–Kier alpha value is -2.55. The maximum Gasteiger partial charge on any atom is 0.302 e. The van der Waals surface area contributed by atoms with Gasteiger partial charge in [0.2, 0.25) is 12.2 Å². The number of unbranched alkanes of at least 4 members (excludes halogenated alkanes) is 1. The summed E-state index contributed by atoms with van der Waals surface area (Å²) in [7, 11) is 0. The van der Waals surface area contributed by atoms with Gasteiger partial charge in [-0.2, -0.15) is 0 Å². The SMILES string of the molecule is CCCCOC(C)=O.Cc1ccccc1.N=C=O.N=C=O. The molecule has 0 aliphatic carbocycles. The van der Waals surface area contributed by atoms with E-state index in [1.165, 1.54) is 12.5 Å². The number of hydrogen-bond donors (Lipinski definition) is 2. The number of esters is 1. The first kappa shape index (κ1) is 23.5. The second kappa shape index (κ2) is 22.6. The lowest BCUT2D eigenvalue weighted by Crippen LogP contribution is -1.99. The van der Waals surface area contributed by atoms with E-state index in [-0.39, 0.29) is 5.97 Å². The Balaban J connectivity index is -0.000000227. The molecule has 0 saturated carbocycles. The van der Waals surface area contributed by atoms with Crippen LogP contribution in [0.4, 0.5) is 0 Å². The molecule has 1 aromatic carbocycles. The first-order valence-corrected chi connectivity index (χ1v) is 6.22. The molecule has 0 radical (unpaired) electrons. The van der Waals surface area contributed by atoms with Crippen LogP contribution in [-0.2, 0) is 19.1 Å². The van der Waals surface area contributed by atoms with Crippen molar-refractivity contribution in [1.29, 1.82) is 10.8 Å². The van der Waals surface area contributed by atoms with Crippen LogP contribution in [0.3, 0.4) is 0 Å². The molecule has 1 rings (SSSR count). The van der Waals surface area contributed by atoms with E-state index in [0.29, 0.717) is 6.61 Å². The van der Waals surface area contributed by atoms with Gasteiger partial charge in [0.15, 0.2) is 0 Å². The maximum atomic E-state index is 10.1. The summed E-state index contributed by atoms with van der Waals surface area (Å²) >= 11 is 0. The Labute approximate surface area is 125 Å². The molecular weight excluding hydrogens is 272 g/mol. The second-order valence-electron chi connectivity index (χ2n) is 3.55. The number of carbonyl (C=O) groups is 1. The lowest BCUT2D eigenvalue weighted by Gasteiger charge is -1.96. The van der Waals surface area contributed by atoms with Gasteiger partial charge in [0.1, 0.15) is 0 Å². The number of hydrogen-bond acceptors (Lipinski definition) is 6. The molecule has 0 amide bonds. The lowest BCUT2D eigenvalue weighted by molar-refractivity contribution is -0.141. The van der Waals surface area contributed by atoms with Crippen molar-refractivity contribution in [2.24, 2.45) is 0 Å². The molecular formula is C15H22N2O4. The third-order valence-corrected chi connectivity index (χ3v) is 1.74. The van der Waals surface area contributed by atoms with Crippen LogP contribution in [0.2, 0.25) is 0 Å². The van der Waals surface area contributed by atoms with Gasteiger partial charge >= 0.3 is 5.97 Å². The molecule has 0 unspecified atom stereocenters. The zero-order valence-electron chi connectivity index (χ0n) is 12.6. The van der Waals surface area contributed by atoms with Gasteiger partial charge in [-0.1, -0.05) is 49.2 Å². The summed E-state index contributed by atoms with van der Waals surface area (Å²) in [5.74, 6) is -0.182. The van der Waals surface area contributed by atoms with E-state index in [2.05, 4.69) is 30.7 Å². The normalized spacial score (nSPS) is 7.00. The van der Waals surface area contributed by atoms with E-state index in [0.717, 1.165) is 25.0 Å². The van der Waals surface area contributed by atoms with Gasteiger partial charge in [-0.25, -0.2) is 20.4 Å². The minimum absolute atomic E-state index is 0.182. The molecule has 0 saturated heterocycles. The Morgan fingerprint density at radius 3 is 1.81 bits per heavy atom. The summed E-state index contributed by atoms with van der Waals surface area (Å²) in [6.07, 6.45) is 3.55. The van der Waals surface area contributed by atoms with Crippen LogP contribution in [0.1, 0.15) is 32.3 Å². The molecule has 21 heavy (non-hydrogen) atoms. The van der Waals surface area contributed by atoms with Crippen molar-refractivity contribution < 1.29 is 19.1 Å². The first-order valence-electron chi connectivity index (χ1n) is 6.22. The van der Waals surface area contributed by atoms with Crippen LogP contribution >= 0.6 is 0 Å². The second-order valence-corrected chi connectivity index (χ2v) is 3.55. The number of isocyanates is 2. The highest BCUT2D eigenvalue weighted by Gasteiger charge is 1.88. The number of ether oxygens (including phenoxy) is 1. The minimum atomic E-state index is -0.182. The van der Waals surface area contributed by atoms with Gasteiger partial charge in [-0.3, -0.25) is 4.79 Å². The van der Waals surface area contributed by atoms with E-state index in [9.17, 15) is 4.79 Å². The average molecular weight is 294 g/mol. The summed E-state index contributed by atoms with van der Waals surface area (Å²) in [4.78, 5) is 26.8. The number of carbonyl (C=O) groups excluding carboxylic acids is 3. The van der Waals surface area contributed by atoms with Crippen molar-refractivity contribution in [1.82, 2.24) is 0 Å². The molecule has 0 aliphatic heterocycles. The molecule has 116 valence electrons. The third-order valence-electron chi connectivity index (χ3n) is 1.74. The van der Waals surface area contributed by atoms with Crippen LogP contribution in [-0.4, -0.2) is 24.7 Å². The topological polar surface area (TPSA) is 108 Å². The van der Waals surface area contributed by atoms with Crippen molar-refractivity contribution in [3.8, 4) is 0 Å². The van der Waals surface area contributed by atoms with Crippen LogP contribution < -0.4 is 0 Å². The standard InChI is InChI=1S/C7H8.C6H12O2.2CHNO/c1-7-5-3-2-4-6-7;1-3-4-5-8-6(2)7;2*2-1-3/h2-6H,1H3;3-5H2,1-2H3;2*2H. The Bertz CT molecular complexity index is 395. The summed E-state index contributed by atoms with van der Waals surface area (Å²) in [6.45, 7) is 6.14. The van der Waals surface area contributed by atoms with Gasteiger partial charge in [0.25, 0.3) is 0 Å². The summed E-state index contributed by atoms with van der Waals surface area (Å²) in [6, 6.07) is 10.3.